The summed E-state index contributed by atoms with van der Waals surface area (Å²) in [6.07, 6.45) is 0.979. The molecule has 2 N–H and O–H groups in total. The third-order valence-electron chi connectivity index (χ3n) is 1.90. The first-order valence-corrected chi connectivity index (χ1v) is 5.02. The molecule has 0 bridgehead atoms. The molecule has 0 amide bonds. The SMILES string of the molecule is CN(C)CCCOc1ccc(CN)nn1. The number of rotatable bonds is 6. The fraction of sp³-hybridized carbons (Fsp3) is 0.600. The number of ether oxygens (including phenoxy) is 1. The lowest BCUT2D eigenvalue weighted by atomic mass is 10.4. The van der Waals surface area contributed by atoms with Crippen LogP contribution in [0.1, 0.15) is 12.1 Å². The molecule has 5 heteroatoms. The first-order chi connectivity index (χ1) is 7.22. The van der Waals surface area contributed by atoms with Crippen LogP contribution in [0.25, 0.3) is 0 Å². The third kappa shape index (κ3) is 4.71. The highest BCUT2D eigenvalue weighted by atomic mass is 16.5. The van der Waals surface area contributed by atoms with Gasteiger partial charge in [0.2, 0.25) is 5.88 Å². The van der Waals surface area contributed by atoms with Gasteiger partial charge in [0.25, 0.3) is 0 Å². The quantitative estimate of drug-likeness (QED) is 0.683. The molecule has 1 rings (SSSR count). The minimum absolute atomic E-state index is 0.411. The van der Waals surface area contributed by atoms with Gasteiger partial charge in [-0.1, -0.05) is 0 Å². The Morgan fingerprint density at radius 3 is 2.67 bits per heavy atom. The first kappa shape index (κ1) is 11.9. The van der Waals surface area contributed by atoms with Gasteiger partial charge < -0.3 is 15.4 Å². The second-order valence-electron chi connectivity index (χ2n) is 3.57. The summed E-state index contributed by atoms with van der Waals surface area (Å²) in [5.41, 5.74) is 6.18. The van der Waals surface area contributed by atoms with Crippen LogP contribution in [0.3, 0.4) is 0 Å². The minimum Gasteiger partial charge on any atom is -0.477 e. The van der Waals surface area contributed by atoms with Crippen molar-refractivity contribution in [3.05, 3.63) is 17.8 Å². The summed E-state index contributed by atoms with van der Waals surface area (Å²) in [7, 11) is 4.08. The predicted octanol–water partition coefficient (Wildman–Crippen LogP) is 0.266. The van der Waals surface area contributed by atoms with Crippen molar-refractivity contribution in [3.8, 4) is 5.88 Å². The fourth-order valence-corrected chi connectivity index (χ4v) is 1.09. The molecule has 1 aromatic heterocycles. The van der Waals surface area contributed by atoms with Gasteiger partial charge in [0.15, 0.2) is 0 Å². The average molecular weight is 210 g/mol. The van der Waals surface area contributed by atoms with Crippen molar-refractivity contribution in [3.63, 3.8) is 0 Å². The maximum absolute atomic E-state index is 5.41. The van der Waals surface area contributed by atoms with Crippen LogP contribution in [0.15, 0.2) is 12.1 Å². The lowest BCUT2D eigenvalue weighted by molar-refractivity contribution is 0.270. The smallest absolute Gasteiger partial charge is 0.233 e. The molecule has 0 radical (unpaired) electrons. The monoisotopic (exact) mass is 210 g/mol. The van der Waals surface area contributed by atoms with E-state index in [1.54, 1.807) is 6.07 Å². The van der Waals surface area contributed by atoms with Crippen molar-refractivity contribution in [1.82, 2.24) is 15.1 Å². The van der Waals surface area contributed by atoms with E-state index in [0.29, 0.717) is 19.0 Å². The van der Waals surface area contributed by atoms with E-state index in [9.17, 15) is 0 Å². The Morgan fingerprint density at radius 2 is 2.13 bits per heavy atom. The van der Waals surface area contributed by atoms with E-state index in [1.807, 2.05) is 20.2 Å². The summed E-state index contributed by atoms with van der Waals surface area (Å²) in [5, 5.41) is 7.80. The molecule has 1 heterocycles. The summed E-state index contributed by atoms with van der Waals surface area (Å²) in [5.74, 6) is 0.561. The second-order valence-corrected chi connectivity index (χ2v) is 3.57. The van der Waals surface area contributed by atoms with E-state index >= 15 is 0 Å². The largest absolute Gasteiger partial charge is 0.477 e. The van der Waals surface area contributed by atoms with E-state index in [4.69, 9.17) is 10.5 Å². The van der Waals surface area contributed by atoms with Crippen molar-refractivity contribution in [1.29, 1.82) is 0 Å². The van der Waals surface area contributed by atoms with Crippen LogP contribution in [0.2, 0.25) is 0 Å². The molecule has 1 aromatic rings. The van der Waals surface area contributed by atoms with Gasteiger partial charge in [-0.25, -0.2) is 0 Å². The van der Waals surface area contributed by atoms with Gasteiger partial charge in [-0.05, 0) is 26.6 Å². The molecule has 0 aromatic carbocycles. The van der Waals surface area contributed by atoms with Crippen LogP contribution in [0, 0.1) is 0 Å². The van der Waals surface area contributed by atoms with Crippen LogP contribution in [-0.4, -0.2) is 42.3 Å². The number of hydrogen-bond donors (Lipinski definition) is 1. The van der Waals surface area contributed by atoms with Crippen LogP contribution in [0.4, 0.5) is 0 Å². The van der Waals surface area contributed by atoms with Gasteiger partial charge in [-0.2, -0.15) is 5.10 Å². The maximum atomic E-state index is 5.41. The predicted molar refractivity (Wildman–Crippen MR) is 58.6 cm³/mol. The summed E-state index contributed by atoms with van der Waals surface area (Å²) in [6.45, 7) is 2.08. The molecule has 0 aliphatic carbocycles. The van der Waals surface area contributed by atoms with Crippen LogP contribution in [-0.2, 0) is 6.54 Å². The van der Waals surface area contributed by atoms with Gasteiger partial charge in [-0.3, -0.25) is 0 Å². The van der Waals surface area contributed by atoms with Crippen molar-refractivity contribution in [2.75, 3.05) is 27.2 Å². The highest BCUT2D eigenvalue weighted by Crippen LogP contribution is 2.04. The molecule has 0 unspecified atom stereocenters. The lowest BCUT2D eigenvalue weighted by Crippen LogP contribution is -2.15. The summed E-state index contributed by atoms with van der Waals surface area (Å²) >= 11 is 0. The highest BCUT2D eigenvalue weighted by Gasteiger charge is 1.97. The van der Waals surface area contributed by atoms with E-state index < -0.39 is 0 Å². The first-order valence-electron chi connectivity index (χ1n) is 5.02. The Morgan fingerprint density at radius 1 is 1.33 bits per heavy atom. The van der Waals surface area contributed by atoms with E-state index in [-0.39, 0.29) is 0 Å². The number of hydrogen-bond acceptors (Lipinski definition) is 5. The van der Waals surface area contributed by atoms with Crippen LogP contribution in [0.5, 0.6) is 5.88 Å². The molecule has 0 spiro atoms. The van der Waals surface area contributed by atoms with E-state index in [1.165, 1.54) is 0 Å². The molecule has 0 saturated heterocycles. The van der Waals surface area contributed by atoms with Gasteiger partial charge in [-0.15, -0.1) is 5.10 Å². The molecular formula is C10H18N4O. The normalized spacial score (nSPS) is 10.7. The molecule has 0 saturated carbocycles. The van der Waals surface area contributed by atoms with Gasteiger partial charge >= 0.3 is 0 Å². The van der Waals surface area contributed by atoms with Gasteiger partial charge in [0.05, 0.1) is 12.3 Å². The summed E-state index contributed by atoms with van der Waals surface area (Å²) in [4.78, 5) is 2.12. The van der Waals surface area contributed by atoms with Crippen molar-refractivity contribution < 1.29 is 4.74 Å². The molecule has 84 valence electrons. The molecule has 0 aliphatic rings. The zero-order valence-electron chi connectivity index (χ0n) is 9.31. The summed E-state index contributed by atoms with van der Waals surface area (Å²) in [6, 6.07) is 3.62. The zero-order valence-corrected chi connectivity index (χ0v) is 9.31. The zero-order chi connectivity index (χ0) is 11.1. The van der Waals surface area contributed by atoms with Crippen molar-refractivity contribution >= 4 is 0 Å². The maximum Gasteiger partial charge on any atom is 0.233 e. The Bertz CT molecular complexity index is 273. The number of nitrogens with two attached hydrogens (primary N) is 1. The number of nitrogens with zero attached hydrogens (tertiary/aromatic N) is 3. The Balaban J connectivity index is 2.25. The van der Waals surface area contributed by atoms with Gasteiger partial charge in [0.1, 0.15) is 0 Å². The van der Waals surface area contributed by atoms with Crippen molar-refractivity contribution in [2.45, 2.75) is 13.0 Å². The third-order valence-corrected chi connectivity index (χ3v) is 1.90. The molecule has 0 aliphatic heterocycles. The molecule has 0 fully saturated rings. The average Bonchev–Trinajstić information content (AvgIpc) is 2.25. The Labute approximate surface area is 90.2 Å². The lowest BCUT2D eigenvalue weighted by Gasteiger charge is -2.09. The standard InChI is InChI=1S/C10H18N4O/c1-14(2)6-3-7-15-10-5-4-9(8-11)12-13-10/h4-5H,3,6-8,11H2,1-2H3. The van der Waals surface area contributed by atoms with E-state index in [0.717, 1.165) is 18.7 Å². The fourth-order valence-electron chi connectivity index (χ4n) is 1.09. The second kappa shape index (κ2) is 6.31. The minimum atomic E-state index is 0.411. The van der Waals surface area contributed by atoms with E-state index in [2.05, 4.69) is 15.1 Å². The molecular weight excluding hydrogens is 192 g/mol. The topological polar surface area (TPSA) is 64.3 Å². The molecule has 5 nitrogen and oxygen atoms in total. The Hall–Kier alpha value is -1.20. The Kier molecular flexibility index (Phi) is 5.00. The van der Waals surface area contributed by atoms with Gasteiger partial charge in [0, 0.05) is 19.2 Å². The van der Waals surface area contributed by atoms with Crippen LogP contribution >= 0.6 is 0 Å². The summed E-state index contributed by atoms with van der Waals surface area (Å²) < 4.78 is 5.41. The van der Waals surface area contributed by atoms with Crippen LogP contribution < -0.4 is 10.5 Å². The molecule has 15 heavy (non-hydrogen) atoms. The van der Waals surface area contributed by atoms with Crippen molar-refractivity contribution in [2.24, 2.45) is 5.73 Å². The molecule has 0 atom stereocenters. The highest BCUT2D eigenvalue weighted by molar-refractivity contribution is 5.11. The number of aromatic nitrogens is 2.